The lowest BCUT2D eigenvalue weighted by atomic mass is 10.1. The highest BCUT2D eigenvalue weighted by Crippen LogP contribution is 2.22. The maximum Gasteiger partial charge on any atom is 0.270 e. The number of nitrogens with one attached hydrogen (secondary N) is 2. The molecule has 0 saturated carbocycles. The summed E-state index contributed by atoms with van der Waals surface area (Å²) in [5.74, 6) is -0.285. The van der Waals surface area contributed by atoms with Crippen LogP contribution < -0.4 is 10.6 Å². The fourth-order valence-electron chi connectivity index (χ4n) is 2.03. The summed E-state index contributed by atoms with van der Waals surface area (Å²) >= 11 is 5.91. The van der Waals surface area contributed by atoms with Gasteiger partial charge in [-0.2, -0.15) is 0 Å². The molecule has 0 atom stereocenters. The van der Waals surface area contributed by atoms with E-state index in [1.807, 2.05) is 0 Å². The summed E-state index contributed by atoms with van der Waals surface area (Å²) in [6.07, 6.45) is 1.74. The van der Waals surface area contributed by atoms with Crippen molar-refractivity contribution in [2.45, 2.75) is 18.9 Å². The van der Waals surface area contributed by atoms with Crippen LogP contribution in [0, 0.1) is 10.1 Å². The predicted octanol–water partition coefficient (Wildman–Crippen LogP) is 2.15. The third-order valence-corrected chi connectivity index (χ3v) is 3.40. The molecule has 1 fully saturated rings. The number of halogens is 2. The number of nitro benzene ring substituents is 1. The maximum atomic E-state index is 12.0. The van der Waals surface area contributed by atoms with Crippen molar-refractivity contribution in [3.63, 3.8) is 0 Å². The number of benzene rings is 1. The Morgan fingerprint density at radius 1 is 1.40 bits per heavy atom. The predicted molar refractivity (Wildman–Crippen MR) is 78.7 cm³/mol. The first-order chi connectivity index (χ1) is 9.08. The van der Waals surface area contributed by atoms with E-state index in [4.69, 9.17) is 11.6 Å². The van der Waals surface area contributed by atoms with Gasteiger partial charge < -0.3 is 10.6 Å². The average molecular weight is 320 g/mol. The first-order valence-electron chi connectivity index (χ1n) is 6.03. The Balaban J connectivity index is 0.00000200. The van der Waals surface area contributed by atoms with Crippen LogP contribution in [0.3, 0.4) is 0 Å². The van der Waals surface area contributed by atoms with E-state index < -0.39 is 4.92 Å². The van der Waals surface area contributed by atoms with E-state index in [-0.39, 0.29) is 40.6 Å². The second-order valence-electron chi connectivity index (χ2n) is 4.42. The third-order valence-electron chi connectivity index (χ3n) is 3.08. The van der Waals surface area contributed by atoms with Crippen molar-refractivity contribution in [1.82, 2.24) is 10.6 Å². The summed E-state index contributed by atoms with van der Waals surface area (Å²) in [5.41, 5.74) is 0.147. The highest BCUT2D eigenvalue weighted by atomic mass is 35.5. The molecule has 1 aliphatic rings. The number of hydrogen-bond acceptors (Lipinski definition) is 4. The maximum absolute atomic E-state index is 12.0. The molecule has 0 unspecified atom stereocenters. The molecule has 1 aromatic carbocycles. The molecule has 1 heterocycles. The van der Waals surface area contributed by atoms with Gasteiger partial charge in [0.15, 0.2) is 0 Å². The van der Waals surface area contributed by atoms with E-state index in [1.54, 1.807) is 0 Å². The second-order valence-corrected chi connectivity index (χ2v) is 4.83. The van der Waals surface area contributed by atoms with Crippen LogP contribution >= 0.6 is 24.0 Å². The molecule has 0 aromatic heterocycles. The lowest BCUT2D eigenvalue weighted by Gasteiger charge is -2.23. The fraction of sp³-hybridized carbons (Fsp3) is 0.417. The Hall–Kier alpha value is -1.37. The quantitative estimate of drug-likeness (QED) is 0.660. The lowest BCUT2D eigenvalue weighted by molar-refractivity contribution is -0.384. The number of nitro groups is 1. The minimum Gasteiger partial charge on any atom is -0.349 e. The Kier molecular flexibility index (Phi) is 6.19. The standard InChI is InChI=1S/C12H14ClN3O3.ClH/c13-11-7-9(16(18)19)1-2-10(11)12(17)15-8-3-5-14-6-4-8;/h1-2,7-8,14H,3-6H2,(H,15,17);1H. The van der Waals surface area contributed by atoms with E-state index in [2.05, 4.69) is 10.6 Å². The zero-order valence-corrected chi connectivity index (χ0v) is 12.2. The van der Waals surface area contributed by atoms with Crippen molar-refractivity contribution >= 4 is 35.6 Å². The molecular formula is C12H15Cl2N3O3. The topological polar surface area (TPSA) is 84.3 Å². The number of nitrogens with zero attached hydrogens (tertiary/aromatic N) is 1. The van der Waals surface area contributed by atoms with Gasteiger partial charge in [-0.05, 0) is 32.0 Å². The normalized spacial score (nSPS) is 15.2. The zero-order chi connectivity index (χ0) is 13.8. The molecular weight excluding hydrogens is 305 g/mol. The fourth-order valence-corrected chi connectivity index (χ4v) is 2.29. The van der Waals surface area contributed by atoms with Crippen LogP contribution in [0.5, 0.6) is 0 Å². The minimum absolute atomic E-state index is 0. The van der Waals surface area contributed by atoms with E-state index in [0.717, 1.165) is 25.9 Å². The monoisotopic (exact) mass is 319 g/mol. The van der Waals surface area contributed by atoms with Crippen LogP contribution in [0.15, 0.2) is 18.2 Å². The van der Waals surface area contributed by atoms with Gasteiger partial charge in [-0.1, -0.05) is 11.6 Å². The van der Waals surface area contributed by atoms with E-state index in [9.17, 15) is 14.9 Å². The van der Waals surface area contributed by atoms with E-state index in [1.165, 1.54) is 18.2 Å². The summed E-state index contributed by atoms with van der Waals surface area (Å²) in [6.45, 7) is 1.75. The van der Waals surface area contributed by atoms with Crippen molar-refractivity contribution in [3.8, 4) is 0 Å². The van der Waals surface area contributed by atoms with Crippen LogP contribution in [0.25, 0.3) is 0 Å². The molecule has 1 saturated heterocycles. The summed E-state index contributed by atoms with van der Waals surface area (Å²) in [6, 6.07) is 3.99. The van der Waals surface area contributed by atoms with E-state index in [0.29, 0.717) is 0 Å². The number of carbonyl (C=O) groups is 1. The van der Waals surface area contributed by atoms with Gasteiger partial charge in [-0.15, -0.1) is 12.4 Å². The van der Waals surface area contributed by atoms with Crippen molar-refractivity contribution < 1.29 is 9.72 Å². The summed E-state index contributed by atoms with van der Waals surface area (Å²) < 4.78 is 0. The average Bonchev–Trinajstić information content (AvgIpc) is 2.39. The molecule has 2 N–H and O–H groups in total. The van der Waals surface area contributed by atoms with Crippen molar-refractivity contribution in [3.05, 3.63) is 38.9 Å². The van der Waals surface area contributed by atoms with Crippen LogP contribution in [-0.2, 0) is 0 Å². The number of hydrogen-bond donors (Lipinski definition) is 2. The zero-order valence-electron chi connectivity index (χ0n) is 10.6. The highest BCUT2D eigenvalue weighted by Gasteiger charge is 2.19. The summed E-state index contributed by atoms with van der Waals surface area (Å²) in [5, 5.41) is 16.8. The highest BCUT2D eigenvalue weighted by molar-refractivity contribution is 6.34. The van der Waals surface area contributed by atoms with Crippen LogP contribution in [0.2, 0.25) is 5.02 Å². The third kappa shape index (κ3) is 4.06. The van der Waals surface area contributed by atoms with Crippen molar-refractivity contribution in [2.75, 3.05) is 13.1 Å². The lowest BCUT2D eigenvalue weighted by Crippen LogP contribution is -2.42. The van der Waals surface area contributed by atoms with Crippen molar-refractivity contribution in [2.24, 2.45) is 0 Å². The molecule has 2 rings (SSSR count). The smallest absolute Gasteiger partial charge is 0.270 e. The van der Waals surface area contributed by atoms with Crippen LogP contribution in [-0.4, -0.2) is 30.0 Å². The molecule has 8 heteroatoms. The first-order valence-corrected chi connectivity index (χ1v) is 6.41. The van der Waals surface area contributed by atoms with Gasteiger partial charge in [0.2, 0.25) is 0 Å². The van der Waals surface area contributed by atoms with Gasteiger partial charge in [-0.25, -0.2) is 0 Å². The number of amides is 1. The number of rotatable bonds is 3. The number of non-ortho nitro benzene ring substituents is 1. The Morgan fingerprint density at radius 2 is 2.05 bits per heavy atom. The van der Waals surface area contributed by atoms with E-state index >= 15 is 0 Å². The first kappa shape index (κ1) is 16.7. The SMILES string of the molecule is Cl.O=C(NC1CCNCC1)c1ccc([N+](=O)[O-])cc1Cl. The number of piperidine rings is 1. The molecule has 0 spiro atoms. The van der Waals surface area contributed by atoms with Gasteiger partial charge in [0.1, 0.15) is 0 Å². The largest absolute Gasteiger partial charge is 0.349 e. The summed E-state index contributed by atoms with van der Waals surface area (Å²) in [7, 11) is 0. The minimum atomic E-state index is -0.541. The van der Waals surface area contributed by atoms with Crippen LogP contribution in [0.4, 0.5) is 5.69 Å². The van der Waals surface area contributed by atoms with Crippen molar-refractivity contribution in [1.29, 1.82) is 0 Å². The van der Waals surface area contributed by atoms with Gasteiger partial charge in [0.25, 0.3) is 11.6 Å². The Labute approximate surface area is 127 Å². The Bertz CT molecular complexity index is 505. The molecule has 0 bridgehead atoms. The molecule has 1 aromatic rings. The van der Waals surface area contributed by atoms with Gasteiger partial charge in [0, 0.05) is 18.2 Å². The molecule has 1 amide bonds. The second kappa shape index (κ2) is 7.42. The Morgan fingerprint density at radius 3 is 2.60 bits per heavy atom. The molecule has 110 valence electrons. The molecule has 6 nitrogen and oxygen atoms in total. The molecule has 20 heavy (non-hydrogen) atoms. The van der Waals surface area contributed by atoms with Gasteiger partial charge >= 0.3 is 0 Å². The molecule has 0 radical (unpaired) electrons. The van der Waals surface area contributed by atoms with Gasteiger partial charge in [0.05, 0.1) is 15.5 Å². The van der Waals surface area contributed by atoms with Gasteiger partial charge in [-0.3, -0.25) is 14.9 Å². The number of carbonyl (C=O) groups excluding carboxylic acids is 1. The molecule has 0 aliphatic carbocycles. The van der Waals surface area contributed by atoms with Crippen LogP contribution in [0.1, 0.15) is 23.2 Å². The molecule has 1 aliphatic heterocycles. The summed E-state index contributed by atoms with van der Waals surface area (Å²) in [4.78, 5) is 22.1.